The molecule has 0 aliphatic heterocycles. The van der Waals surface area contributed by atoms with Crippen molar-refractivity contribution in [3.63, 3.8) is 0 Å². The lowest BCUT2D eigenvalue weighted by molar-refractivity contribution is -0.0107. The van der Waals surface area contributed by atoms with Gasteiger partial charge in [0, 0.05) is 10.9 Å². The Bertz CT molecular complexity index is 494. The molecule has 0 spiro atoms. The normalized spacial score (nSPS) is 22.6. The molecule has 2 unspecified atom stereocenters. The van der Waals surface area contributed by atoms with Crippen molar-refractivity contribution in [3.05, 3.63) is 41.4 Å². The Morgan fingerprint density at radius 2 is 1.95 bits per heavy atom. The summed E-state index contributed by atoms with van der Waals surface area (Å²) in [4.78, 5) is 15.4. The fraction of sp³-hybridized carbons (Fsp3) is 0.467. The van der Waals surface area contributed by atoms with Crippen molar-refractivity contribution in [1.82, 2.24) is 0 Å². The molecule has 1 saturated carbocycles. The molecule has 19 heavy (non-hydrogen) atoms. The predicted octanol–water partition coefficient (Wildman–Crippen LogP) is 3.73. The zero-order chi connectivity index (χ0) is 13.7. The van der Waals surface area contributed by atoms with Gasteiger partial charge in [-0.3, -0.25) is 4.79 Å². The van der Waals surface area contributed by atoms with Crippen LogP contribution in [0.2, 0.25) is 0 Å². The summed E-state index contributed by atoms with van der Waals surface area (Å²) in [5.41, 5.74) is 9.86. The van der Waals surface area contributed by atoms with Crippen molar-refractivity contribution in [2.45, 2.75) is 37.5 Å². The number of rotatable bonds is 4. The molecule has 1 aromatic carbocycles. The molecule has 0 radical (unpaired) electrons. The second-order valence-corrected chi connectivity index (χ2v) is 5.57. The molecule has 0 N–H and O–H groups in total. The van der Waals surface area contributed by atoms with Crippen molar-refractivity contribution in [3.8, 4) is 0 Å². The summed E-state index contributed by atoms with van der Waals surface area (Å²) in [5.74, 6) is 0.0199. The van der Waals surface area contributed by atoms with E-state index >= 15 is 0 Å². The van der Waals surface area contributed by atoms with E-state index in [0.29, 0.717) is 12.0 Å². The van der Waals surface area contributed by atoms with Crippen LogP contribution < -0.4 is 0 Å². The molecule has 0 heterocycles. The number of nitrogens with zero attached hydrogens (tertiary/aromatic N) is 2. The SMILES string of the molecule is [N-]=[N+]=C(CC1CCCCC1Cl)C(=O)c1ccccc1. The van der Waals surface area contributed by atoms with Gasteiger partial charge in [0.15, 0.2) is 0 Å². The van der Waals surface area contributed by atoms with E-state index in [4.69, 9.17) is 17.1 Å². The number of carbonyl (C=O) groups is 1. The van der Waals surface area contributed by atoms with E-state index < -0.39 is 0 Å². The number of carbonyl (C=O) groups excluding carboxylic acids is 1. The van der Waals surface area contributed by atoms with Gasteiger partial charge in [0.1, 0.15) is 0 Å². The van der Waals surface area contributed by atoms with E-state index in [1.165, 1.54) is 0 Å². The molecule has 100 valence electrons. The number of alkyl halides is 1. The van der Waals surface area contributed by atoms with Gasteiger partial charge in [-0.1, -0.05) is 43.2 Å². The minimum atomic E-state index is -0.211. The van der Waals surface area contributed by atoms with Crippen LogP contribution >= 0.6 is 11.6 Å². The summed E-state index contributed by atoms with van der Waals surface area (Å²) in [5, 5.41) is 0.0778. The third kappa shape index (κ3) is 3.52. The van der Waals surface area contributed by atoms with E-state index in [2.05, 4.69) is 4.79 Å². The van der Waals surface area contributed by atoms with Crippen LogP contribution in [0, 0.1) is 5.92 Å². The zero-order valence-electron chi connectivity index (χ0n) is 10.8. The van der Waals surface area contributed by atoms with Crippen molar-refractivity contribution >= 4 is 23.1 Å². The third-order valence-corrected chi connectivity index (χ3v) is 4.27. The van der Waals surface area contributed by atoms with Gasteiger partial charge in [0.05, 0.1) is 6.42 Å². The molecule has 1 aliphatic carbocycles. The lowest BCUT2D eigenvalue weighted by atomic mass is 9.84. The van der Waals surface area contributed by atoms with E-state index in [0.717, 1.165) is 25.7 Å². The summed E-state index contributed by atoms with van der Waals surface area (Å²) in [6, 6.07) is 8.90. The smallest absolute Gasteiger partial charge is 0.339 e. The Hall–Kier alpha value is -1.44. The van der Waals surface area contributed by atoms with Crippen LogP contribution in [0.3, 0.4) is 0 Å². The first-order chi connectivity index (χ1) is 9.22. The summed E-state index contributed by atoms with van der Waals surface area (Å²) in [6.07, 6.45) is 4.70. The molecule has 3 nitrogen and oxygen atoms in total. The second kappa shape index (κ2) is 6.65. The minimum Gasteiger partial charge on any atom is -0.361 e. The van der Waals surface area contributed by atoms with Crippen LogP contribution in [0.1, 0.15) is 42.5 Å². The molecule has 1 aromatic rings. The standard InChI is InChI=1S/C15H17ClN2O/c16-13-9-5-4-8-12(13)10-14(18-17)15(19)11-6-2-1-3-7-11/h1-3,6-7,12-13H,4-5,8-10H2. The average molecular weight is 277 g/mol. The fourth-order valence-electron chi connectivity index (χ4n) is 2.58. The Kier molecular flexibility index (Phi) is 4.89. The van der Waals surface area contributed by atoms with Crippen molar-refractivity contribution in [1.29, 1.82) is 0 Å². The lowest BCUT2D eigenvalue weighted by Crippen LogP contribution is -2.26. The maximum absolute atomic E-state index is 12.2. The van der Waals surface area contributed by atoms with E-state index in [1.807, 2.05) is 6.07 Å². The van der Waals surface area contributed by atoms with Gasteiger partial charge in [-0.2, -0.15) is 4.79 Å². The minimum absolute atomic E-state index is 0.0778. The first-order valence-electron chi connectivity index (χ1n) is 6.67. The van der Waals surface area contributed by atoms with Crippen LogP contribution in [-0.4, -0.2) is 21.7 Å². The van der Waals surface area contributed by atoms with Crippen molar-refractivity contribution in [2.75, 3.05) is 0 Å². The maximum Gasteiger partial charge on any atom is 0.339 e. The van der Waals surface area contributed by atoms with E-state index in [-0.39, 0.29) is 22.8 Å². The van der Waals surface area contributed by atoms with E-state index in [1.54, 1.807) is 24.3 Å². The number of hydrogen-bond donors (Lipinski definition) is 0. The van der Waals surface area contributed by atoms with Gasteiger partial charge >= 0.3 is 5.71 Å². The summed E-state index contributed by atoms with van der Waals surface area (Å²) in [7, 11) is 0. The van der Waals surface area contributed by atoms with Gasteiger partial charge in [-0.05, 0) is 18.8 Å². The van der Waals surface area contributed by atoms with Gasteiger partial charge in [-0.15, -0.1) is 11.6 Å². The molecule has 0 bridgehead atoms. The maximum atomic E-state index is 12.2. The molecule has 0 amide bonds. The molecule has 0 saturated heterocycles. The largest absolute Gasteiger partial charge is 0.361 e. The Morgan fingerprint density at radius 1 is 1.26 bits per heavy atom. The van der Waals surface area contributed by atoms with Gasteiger partial charge in [0.2, 0.25) is 0 Å². The number of Topliss-reactive ketones (excluding diaryl/α,β-unsaturated/α-hetero) is 1. The average Bonchev–Trinajstić information content (AvgIpc) is 2.47. The topological polar surface area (TPSA) is 53.5 Å². The highest BCUT2D eigenvalue weighted by Crippen LogP contribution is 2.31. The molecule has 2 atom stereocenters. The molecule has 1 aliphatic rings. The molecular weight excluding hydrogens is 260 g/mol. The quantitative estimate of drug-likeness (QED) is 0.272. The van der Waals surface area contributed by atoms with Crippen LogP contribution in [0.4, 0.5) is 0 Å². The first kappa shape index (κ1) is 14.0. The van der Waals surface area contributed by atoms with Crippen molar-refractivity contribution < 1.29 is 9.58 Å². The summed E-state index contributed by atoms with van der Waals surface area (Å²) >= 11 is 6.29. The molecular formula is C15H17ClN2O. The number of benzene rings is 1. The predicted molar refractivity (Wildman–Crippen MR) is 75.6 cm³/mol. The molecule has 0 aromatic heterocycles. The Balaban J connectivity index is 2.09. The number of halogens is 1. The first-order valence-corrected chi connectivity index (χ1v) is 7.10. The Labute approximate surface area is 118 Å². The lowest BCUT2D eigenvalue weighted by Gasteiger charge is -2.25. The fourth-order valence-corrected chi connectivity index (χ4v) is 2.95. The van der Waals surface area contributed by atoms with Gasteiger partial charge < -0.3 is 5.53 Å². The van der Waals surface area contributed by atoms with Crippen LogP contribution in [-0.2, 0) is 0 Å². The monoisotopic (exact) mass is 276 g/mol. The summed E-state index contributed by atoms with van der Waals surface area (Å²) in [6.45, 7) is 0. The van der Waals surface area contributed by atoms with E-state index in [9.17, 15) is 4.79 Å². The van der Waals surface area contributed by atoms with Crippen molar-refractivity contribution in [2.24, 2.45) is 5.92 Å². The van der Waals surface area contributed by atoms with Crippen LogP contribution in [0.5, 0.6) is 0 Å². The highest BCUT2D eigenvalue weighted by atomic mass is 35.5. The molecule has 2 rings (SSSR count). The number of hydrogen-bond acceptors (Lipinski definition) is 1. The third-order valence-electron chi connectivity index (χ3n) is 3.69. The van der Waals surface area contributed by atoms with Gasteiger partial charge in [-0.25, -0.2) is 0 Å². The van der Waals surface area contributed by atoms with Gasteiger partial charge in [0.25, 0.3) is 5.78 Å². The highest BCUT2D eigenvalue weighted by molar-refractivity contribution is 6.44. The zero-order valence-corrected chi connectivity index (χ0v) is 11.5. The Morgan fingerprint density at radius 3 is 2.58 bits per heavy atom. The highest BCUT2D eigenvalue weighted by Gasteiger charge is 2.31. The summed E-state index contributed by atoms with van der Waals surface area (Å²) < 4.78 is 0. The van der Waals surface area contributed by atoms with Crippen LogP contribution in [0.15, 0.2) is 30.3 Å². The second-order valence-electron chi connectivity index (χ2n) is 5.01. The molecule has 4 heteroatoms. The number of ketones is 1. The van der Waals surface area contributed by atoms with Crippen LogP contribution in [0.25, 0.3) is 5.53 Å². The molecule has 1 fully saturated rings.